The van der Waals surface area contributed by atoms with Gasteiger partial charge in [0.2, 0.25) is 5.91 Å². The molecule has 0 unspecified atom stereocenters. The smallest absolute Gasteiger partial charge is 0.354 e. The molecule has 1 aromatic rings. The summed E-state index contributed by atoms with van der Waals surface area (Å²) in [6.07, 6.45) is 5.20. The molecule has 0 aliphatic heterocycles. The van der Waals surface area contributed by atoms with E-state index >= 15 is 0 Å². The van der Waals surface area contributed by atoms with Gasteiger partial charge in [0.1, 0.15) is 5.69 Å². The van der Waals surface area contributed by atoms with Crippen molar-refractivity contribution in [3.05, 3.63) is 22.5 Å². The molecule has 0 saturated heterocycles. The fraction of sp³-hybridized carbons (Fsp3) is 0.650. The zero-order valence-electron chi connectivity index (χ0n) is 16.1. The average Bonchev–Trinajstić information content (AvgIpc) is 3.33. The highest BCUT2D eigenvalue weighted by Crippen LogP contribution is 2.34. The number of hydrogen-bond acceptors (Lipinski definition) is 4. The Labute approximate surface area is 154 Å². The predicted octanol–water partition coefficient (Wildman–Crippen LogP) is 3.03. The van der Waals surface area contributed by atoms with Crippen molar-refractivity contribution >= 4 is 17.7 Å². The van der Waals surface area contributed by atoms with Crippen molar-refractivity contribution in [2.75, 3.05) is 13.7 Å². The van der Waals surface area contributed by atoms with E-state index in [2.05, 4.69) is 4.98 Å². The SMILES string of the molecule is COC(=O)c1[nH]c(C)c(C(=O)[C@H](C)N(CC2CC2)C(=O)C2CCC2)c1C. The summed E-state index contributed by atoms with van der Waals surface area (Å²) in [4.78, 5) is 42.8. The van der Waals surface area contributed by atoms with Gasteiger partial charge in [-0.2, -0.15) is 0 Å². The zero-order chi connectivity index (χ0) is 19.0. The number of carbonyl (C=O) groups is 3. The van der Waals surface area contributed by atoms with Crippen LogP contribution in [0, 0.1) is 25.7 Å². The molecule has 1 atom stereocenters. The number of amides is 1. The van der Waals surface area contributed by atoms with Gasteiger partial charge in [-0.25, -0.2) is 4.79 Å². The molecular formula is C20H28N2O4. The molecule has 0 aromatic carbocycles. The van der Waals surface area contributed by atoms with Crippen LogP contribution in [0.4, 0.5) is 0 Å². The van der Waals surface area contributed by atoms with E-state index in [1.807, 2.05) is 6.92 Å². The molecule has 2 saturated carbocycles. The monoisotopic (exact) mass is 360 g/mol. The molecular weight excluding hydrogens is 332 g/mol. The van der Waals surface area contributed by atoms with Gasteiger partial charge in [0.05, 0.1) is 13.2 Å². The first-order chi connectivity index (χ1) is 12.3. The van der Waals surface area contributed by atoms with E-state index in [4.69, 9.17) is 4.74 Å². The molecule has 0 bridgehead atoms. The molecule has 1 N–H and O–H groups in total. The summed E-state index contributed by atoms with van der Waals surface area (Å²) in [5.41, 5.74) is 2.04. The number of Topliss-reactive ketones (excluding diaryl/α,β-unsaturated/α-hetero) is 1. The molecule has 6 heteroatoms. The van der Waals surface area contributed by atoms with E-state index in [0.717, 1.165) is 32.1 Å². The van der Waals surface area contributed by atoms with Crippen LogP contribution in [0.1, 0.15) is 71.1 Å². The predicted molar refractivity (Wildman–Crippen MR) is 97.2 cm³/mol. The Bertz CT molecular complexity index is 728. The number of aromatic nitrogens is 1. The van der Waals surface area contributed by atoms with Gasteiger partial charge in [-0.1, -0.05) is 6.42 Å². The number of methoxy groups -OCH3 is 1. The minimum atomic E-state index is -0.526. The lowest BCUT2D eigenvalue weighted by Crippen LogP contribution is -2.48. The second-order valence-corrected chi connectivity index (χ2v) is 7.72. The summed E-state index contributed by atoms with van der Waals surface area (Å²) >= 11 is 0. The first-order valence-electron chi connectivity index (χ1n) is 9.47. The highest BCUT2D eigenvalue weighted by molar-refractivity contribution is 6.06. The maximum Gasteiger partial charge on any atom is 0.354 e. The van der Waals surface area contributed by atoms with Gasteiger partial charge in [0.25, 0.3) is 0 Å². The van der Waals surface area contributed by atoms with Crippen molar-refractivity contribution in [1.82, 2.24) is 9.88 Å². The highest BCUT2D eigenvalue weighted by atomic mass is 16.5. The number of ketones is 1. The number of ether oxygens (including phenoxy) is 1. The molecule has 3 rings (SSSR count). The van der Waals surface area contributed by atoms with Crippen LogP contribution in [0.15, 0.2) is 0 Å². The van der Waals surface area contributed by atoms with Crippen molar-refractivity contribution in [3.8, 4) is 0 Å². The van der Waals surface area contributed by atoms with Crippen molar-refractivity contribution in [2.45, 2.75) is 58.9 Å². The van der Waals surface area contributed by atoms with Crippen LogP contribution in [0.25, 0.3) is 0 Å². The third-order valence-electron chi connectivity index (χ3n) is 5.81. The number of carbonyl (C=O) groups excluding carboxylic acids is 3. The quantitative estimate of drug-likeness (QED) is 0.599. The highest BCUT2D eigenvalue weighted by Gasteiger charge is 2.38. The third-order valence-corrected chi connectivity index (χ3v) is 5.81. The lowest BCUT2D eigenvalue weighted by Gasteiger charge is -2.35. The summed E-state index contributed by atoms with van der Waals surface area (Å²) < 4.78 is 4.78. The Morgan fingerprint density at radius 2 is 1.85 bits per heavy atom. The van der Waals surface area contributed by atoms with Crippen molar-refractivity contribution < 1.29 is 19.1 Å². The van der Waals surface area contributed by atoms with Gasteiger partial charge >= 0.3 is 5.97 Å². The number of hydrogen-bond donors (Lipinski definition) is 1. The van der Waals surface area contributed by atoms with Crippen molar-refractivity contribution in [3.63, 3.8) is 0 Å². The standard InChI is InChI=1S/C20H28N2O4/c1-11-16(12(2)21-17(11)20(25)26-4)18(23)13(3)22(10-14-8-9-14)19(24)15-6-5-7-15/h13-15,21H,5-10H2,1-4H3/t13-/m0/s1. The molecule has 0 spiro atoms. The van der Waals surface area contributed by atoms with E-state index in [9.17, 15) is 14.4 Å². The van der Waals surface area contributed by atoms with Crippen LogP contribution in [-0.2, 0) is 9.53 Å². The summed E-state index contributed by atoms with van der Waals surface area (Å²) in [5, 5.41) is 0. The first kappa shape index (κ1) is 18.7. The average molecular weight is 360 g/mol. The van der Waals surface area contributed by atoms with Crippen LogP contribution in [0.3, 0.4) is 0 Å². The lowest BCUT2D eigenvalue weighted by molar-refractivity contribution is -0.139. The summed E-state index contributed by atoms with van der Waals surface area (Å²) in [5.74, 6) is 0.108. The van der Waals surface area contributed by atoms with Crippen molar-refractivity contribution in [2.24, 2.45) is 11.8 Å². The van der Waals surface area contributed by atoms with Crippen LogP contribution >= 0.6 is 0 Å². The van der Waals surface area contributed by atoms with E-state index in [-0.39, 0.29) is 17.6 Å². The second kappa shape index (κ2) is 7.25. The Kier molecular flexibility index (Phi) is 5.21. The largest absolute Gasteiger partial charge is 0.464 e. The van der Waals surface area contributed by atoms with E-state index in [1.54, 1.807) is 18.7 Å². The summed E-state index contributed by atoms with van der Waals surface area (Å²) in [6.45, 7) is 5.99. The normalized spacial score (nSPS) is 18.2. The number of H-pyrrole nitrogens is 1. The van der Waals surface area contributed by atoms with Gasteiger partial charge in [-0.15, -0.1) is 0 Å². The van der Waals surface area contributed by atoms with Crippen LogP contribution < -0.4 is 0 Å². The van der Waals surface area contributed by atoms with E-state index in [1.165, 1.54) is 7.11 Å². The maximum atomic E-state index is 13.2. The first-order valence-corrected chi connectivity index (χ1v) is 9.47. The Balaban J connectivity index is 1.85. The molecule has 26 heavy (non-hydrogen) atoms. The van der Waals surface area contributed by atoms with Gasteiger partial charge in [-0.3, -0.25) is 9.59 Å². The number of nitrogens with zero attached hydrogens (tertiary/aromatic N) is 1. The minimum absolute atomic E-state index is 0.0723. The number of rotatable bonds is 7. The van der Waals surface area contributed by atoms with Gasteiger partial charge in [0, 0.05) is 23.7 Å². The Hall–Kier alpha value is -2.11. The summed E-state index contributed by atoms with van der Waals surface area (Å²) in [7, 11) is 1.32. The molecule has 142 valence electrons. The van der Waals surface area contributed by atoms with E-state index in [0.29, 0.717) is 35.0 Å². The maximum absolute atomic E-state index is 13.2. The van der Waals surface area contributed by atoms with Crippen molar-refractivity contribution in [1.29, 1.82) is 0 Å². The molecule has 1 amide bonds. The molecule has 0 radical (unpaired) electrons. The lowest BCUT2D eigenvalue weighted by atomic mass is 9.83. The molecule has 2 aliphatic carbocycles. The van der Waals surface area contributed by atoms with Gasteiger partial charge in [-0.05, 0) is 57.9 Å². The fourth-order valence-electron chi connectivity index (χ4n) is 3.68. The Morgan fingerprint density at radius 1 is 1.19 bits per heavy atom. The fourth-order valence-corrected chi connectivity index (χ4v) is 3.68. The van der Waals surface area contributed by atoms with Gasteiger partial charge < -0.3 is 14.6 Å². The molecule has 1 heterocycles. The van der Waals surface area contributed by atoms with Crippen LogP contribution in [0.5, 0.6) is 0 Å². The molecule has 2 fully saturated rings. The third kappa shape index (κ3) is 3.41. The number of aryl methyl sites for hydroxylation is 1. The summed E-state index contributed by atoms with van der Waals surface area (Å²) in [6, 6.07) is -0.526. The zero-order valence-corrected chi connectivity index (χ0v) is 16.1. The van der Waals surface area contributed by atoms with Gasteiger partial charge in [0.15, 0.2) is 5.78 Å². The van der Waals surface area contributed by atoms with E-state index < -0.39 is 12.0 Å². The van der Waals surface area contributed by atoms with Crippen LogP contribution in [0.2, 0.25) is 0 Å². The number of aromatic amines is 1. The molecule has 1 aromatic heterocycles. The molecule has 2 aliphatic rings. The second-order valence-electron chi connectivity index (χ2n) is 7.72. The van der Waals surface area contributed by atoms with Crippen LogP contribution in [-0.4, -0.2) is 47.2 Å². The topological polar surface area (TPSA) is 79.5 Å². The minimum Gasteiger partial charge on any atom is -0.464 e. The molecule has 6 nitrogen and oxygen atoms in total. The Morgan fingerprint density at radius 3 is 2.35 bits per heavy atom. The number of nitrogens with one attached hydrogen (secondary N) is 1. The number of esters is 1.